The molecule has 2 rings (SSSR count). The van der Waals surface area contributed by atoms with E-state index in [1.54, 1.807) is 43.3 Å². The predicted molar refractivity (Wildman–Crippen MR) is 112 cm³/mol. The molecule has 0 aromatic heterocycles. The molecule has 0 unspecified atom stereocenters. The number of rotatable bonds is 8. The lowest BCUT2D eigenvalue weighted by Gasteiger charge is -2.29. The molecule has 0 aliphatic heterocycles. The molecule has 2 aromatic carbocycles. The van der Waals surface area contributed by atoms with Crippen LogP contribution in [0.5, 0.6) is 5.75 Å². The van der Waals surface area contributed by atoms with E-state index < -0.39 is 6.04 Å². The predicted octanol–water partition coefficient (Wildman–Crippen LogP) is 4.31. The van der Waals surface area contributed by atoms with Crippen molar-refractivity contribution in [3.05, 3.63) is 64.1 Å². The zero-order valence-electron chi connectivity index (χ0n) is 16.1. The second-order valence-electron chi connectivity index (χ2n) is 6.73. The van der Waals surface area contributed by atoms with Gasteiger partial charge < -0.3 is 15.0 Å². The van der Waals surface area contributed by atoms with Crippen LogP contribution in [0.4, 0.5) is 0 Å². The van der Waals surface area contributed by atoms with Crippen LogP contribution in [0.2, 0.25) is 10.0 Å². The van der Waals surface area contributed by atoms with Gasteiger partial charge in [0.15, 0.2) is 6.61 Å². The maximum absolute atomic E-state index is 12.9. The smallest absolute Gasteiger partial charge is 0.261 e. The molecule has 0 aliphatic carbocycles. The molecule has 150 valence electrons. The highest BCUT2D eigenvalue weighted by atomic mass is 35.5. The molecule has 0 aliphatic rings. The standard InChI is InChI=1S/C21H24Cl2N2O3/c1-14(2)24-21(27)15(3)25(12-16-4-6-17(22)7-5-16)20(26)13-28-19-10-8-18(23)9-11-19/h4-11,14-15H,12-13H2,1-3H3,(H,24,27)/t15-/m1/s1. The monoisotopic (exact) mass is 422 g/mol. The Kier molecular flexibility index (Phi) is 8.15. The van der Waals surface area contributed by atoms with Gasteiger partial charge in [0.2, 0.25) is 5.91 Å². The molecule has 0 heterocycles. The first-order chi connectivity index (χ1) is 13.3. The van der Waals surface area contributed by atoms with E-state index in [1.807, 2.05) is 26.0 Å². The largest absolute Gasteiger partial charge is 0.484 e. The Hall–Kier alpha value is -2.24. The average Bonchev–Trinajstić information content (AvgIpc) is 2.65. The molecule has 0 saturated heterocycles. The number of nitrogens with one attached hydrogen (secondary N) is 1. The number of halogens is 2. The van der Waals surface area contributed by atoms with Gasteiger partial charge in [0.05, 0.1) is 0 Å². The lowest BCUT2D eigenvalue weighted by molar-refractivity contribution is -0.142. The Labute approximate surface area is 175 Å². The fourth-order valence-corrected chi connectivity index (χ4v) is 2.79. The molecular formula is C21H24Cl2N2O3. The molecule has 1 atom stereocenters. The summed E-state index contributed by atoms with van der Waals surface area (Å²) in [6.45, 7) is 5.54. The maximum Gasteiger partial charge on any atom is 0.261 e. The number of nitrogens with zero attached hydrogens (tertiary/aromatic N) is 1. The van der Waals surface area contributed by atoms with Gasteiger partial charge in [0, 0.05) is 22.6 Å². The Morgan fingerprint density at radius 3 is 2.04 bits per heavy atom. The minimum Gasteiger partial charge on any atom is -0.484 e. The number of ether oxygens (including phenoxy) is 1. The van der Waals surface area contributed by atoms with Crippen LogP contribution >= 0.6 is 23.2 Å². The first-order valence-electron chi connectivity index (χ1n) is 8.99. The summed E-state index contributed by atoms with van der Waals surface area (Å²) in [5.41, 5.74) is 0.869. The second kappa shape index (κ2) is 10.3. The first kappa shape index (κ1) is 22.1. The number of amides is 2. The molecule has 2 amide bonds. The third-order valence-electron chi connectivity index (χ3n) is 4.04. The Morgan fingerprint density at radius 2 is 1.50 bits per heavy atom. The summed E-state index contributed by atoms with van der Waals surface area (Å²) in [5.74, 6) is 0.0172. The molecule has 1 N–H and O–H groups in total. The molecule has 5 nitrogen and oxygen atoms in total. The number of hydrogen-bond donors (Lipinski definition) is 1. The lowest BCUT2D eigenvalue weighted by atomic mass is 10.1. The van der Waals surface area contributed by atoms with E-state index in [2.05, 4.69) is 5.32 Å². The van der Waals surface area contributed by atoms with Gasteiger partial charge in [-0.1, -0.05) is 35.3 Å². The van der Waals surface area contributed by atoms with Crippen LogP contribution in [0.25, 0.3) is 0 Å². The molecule has 7 heteroatoms. The third kappa shape index (κ3) is 6.73. The van der Waals surface area contributed by atoms with Crippen LogP contribution in [0.3, 0.4) is 0 Å². The zero-order valence-corrected chi connectivity index (χ0v) is 17.6. The summed E-state index contributed by atoms with van der Waals surface area (Å²) in [6, 6.07) is 13.2. The lowest BCUT2D eigenvalue weighted by Crippen LogP contribution is -2.50. The van der Waals surface area contributed by atoms with Crippen molar-refractivity contribution in [3.8, 4) is 5.75 Å². The highest BCUT2D eigenvalue weighted by Crippen LogP contribution is 2.17. The van der Waals surface area contributed by atoms with E-state index in [4.69, 9.17) is 27.9 Å². The first-order valence-corrected chi connectivity index (χ1v) is 9.74. The molecule has 0 bridgehead atoms. The summed E-state index contributed by atoms with van der Waals surface area (Å²) < 4.78 is 5.57. The molecule has 0 spiro atoms. The highest BCUT2D eigenvalue weighted by molar-refractivity contribution is 6.30. The molecular weight excluding hydrogens is 399 g/mol. The number of hydrogen-bond acceptors (Lipinski definition) is 3. The Morgan fingerprint density at radius 1 is 0.964 bits per heavy atom. The van der Waals surface area contributed by atoms with Gasteiger partial charge >= 0.3 is 0 Å². The van der Waals surface area contributed by atoms with Crippen LogP contribution < -0.4 is 10.1 Å². The number of carbonyl (C=O) groups excluding carboxylic acids is 2. The van der Waals surface area contributed by atoms with Crippen molar-refractivity contribution in [2.24, 2.45) is 0 Å². The van der Waals surface area contributed by atoms with Crippen molar-refractivity contribution < 1.29 is 14.3 Å². The molecule has 28 heavy (non-hydrogen) atoms. The van der Waals surface area contributed by atoms with Crippen molar-refractivity contribution >= 4 is 35.0 Å². The summed E-state index contributed by atoms with van der Waals surface area (Å²) >= 11 is 11.8. The van der Waals surface area contributed by atoms with Crippen molar-refractivity contribution in [1.29, 1.82) is 0 Å². The Balaban J connectivity index is 2.12. The van der Waals surface area contributed by atoms with E-state index >= 15 is 0 Å². The normalized spacial score (nSPS) is 11.8. The third-order valence-corrected chi connectivity index (χ3v) is 4.54. The van der Waals surface area contributed by atoms with E-state index in [0.717, 1.165) is 5.56 Å². The van der Waals surface area contributed by atoms with Gasteiger partial charge in [0.25, 0.3) is 5.91 Å². The topological polar surface area (TPSA) is 58.6 Å². The molecule has 0 radical (unpaired) electrons. The fourth-order valence-electron chi connectivity index (χ4n) is 2.53. The molecule has 0 fully saturated rings. The quantitative estimate of drug-likeness (QED) is 0.688. The van der Waals surface area contributed by atoms with Gasteiger partial charge in [-0.15, -0.1) is 0 Å². The van der Waals surface area contributed by atoms with Gasteiger partial charge in [0.1, 0.15) is 11.8 Å². The summed E-state index contributed by atoms with van der Waals surface area (Å²) in [5, 5.41) is 4.04. The number of carbonyl (C=O) groups is 2. The molecule has 0 saturated carbocycles. The van der Waals surface area contributed by atoms with E-state index in [1.165, 1.54) is 4.90 Å². The van der Waals surface area contributed by atoms with Crippen molar-refractivity contribution in [2.45, 2.75) is 39.4 Å². The highest BCUT2D eigenvalue weighted by Gasteiger charge is 2.26. The van der Waals surface area contributed by atoms with E-state index in [9.17, 15) is 9.59 Å². The summed E-state index contributed by atoms with van der Waals surface area (Å²) in [6.07, 6.45) is 0. The van der Waals surface area contributed by atoms with E-state index in [-0.39, 0.29) is 31.0 Å². The van der Waals surface area contributed by atoms with Gasteiger partial charge in [-0.25, -0.2) is 0 Å². The minimum absolute atomic E-state index is 0.0206. The van der Waals surface area contributed by atoms with Crippen LogP contribution in [-0.4, -0.2) is 35.4 Å². The fraction of sp³-hybridized carbons (Fsp3) is 0.333. The van der Waals surface area contributed by atoms with Crippen LogP contribution in [-0.2, 0) is 16.1 Å². The summed E-state index contributed by atoms with van der Waals surface area (Å²) in [7, 11) is 0. The Bertz CT molecular complexity index is 792. The second-order valence-corrected chi connectivity index (χ2v) is 7.60. The number of benzene rings is 2. The zero-order chi connectivity index (χ0) is 20.7. The van der Waals surface area contributed by atoms with E-state index in [0.29, 0.717) is 15.8 Å². The molecule has 2 aromatic rings. The van der Waals surface area contributed by atoms with Crippen molar-refractivity contribution in [3.63, 3.8) is 0 Å². The van der Waals surface area contributed by atoms with Crippen LogP contribution in [0.1, 0.15) is 26.3 Å². The van der Waals surface area contributed by atoms with Gasteiger partial charge in [-0.05, 0) is 62.7 Å². The maximum atomic E-state index is 12.9. The van der Waals surface area contributed by atoms with Crippen molar-refractivity contribution in [1.82, 2.24) is 10.2 Å². The van der Waals surface area contributed by atoms with Crippen LogP contribution in [0, 0.1) is 0 Å². The SMILES string of the molecule is CC(C)NC(=O)[C@@H](C)N(Cc1ccc(Cl)cc1)C(=O)COc1ccc(Cl)cc1. The van der Waals surface area contributed by atoms with Crippen molar-refractivity contribution in [2.75, 3.05) is 6.61 Å². The van der Waals surface area contributed by atoms with Gasteiger partial charge in [-0.2, -0.15) is 0 Å². The van der Waals surface area contributed by atoms with Crippen LogP contribution in [0.15, 0.2) is 48.5 Å². The minimum atomic E-state index is -0.653. The average molecular weight is 423 g/mol. The summed E-state index contributed by atoms with van der Waals surface area (Å²) in [4.78, 5) is 26.8. The van der Waals surface area contributed by atoms with Gasteiger partial charge in [-0.3, -0.25) is 9.59 Å².